The number of aryl methyl sites for hydroxylation is 1. The van der Waals surface area contributed by atoms with Crippen LogP contribution >= 0.6 is 35.6 Å². The molecule has 2 heterocycles. The van der Waals surface area contributed by atoms with Crippen molar-refractivity contribution in [3.63, 3.8) is 0 Å². The Hall–Kier alpha value is -2.00. The van der Waals surface area contributed by atoms with Crippen LogP contribution in [0.5, 0.6) is 5.75 Å². The Morgan fingerprint density at radius 2 is 2.16 bits per heavy atom. The van der Waals surface area contributed by atoms with Gasteiger partial charge >= 0.3 is 0 Å². The van der Waals surface area contributed by atoms with E-state index >= 15 is 0 Å². The number of benzene rings is 1. The molecule has 3 N–H and O–H groups in total. The summed E-state index contributed by atoms with van der Waals surface area (Å²) in [5, 5.41) is 3.51. The molecule has 0 aliphatic heterocycles. The van der Waals surface area contributed by atoms with Gasteiger partial charge in [-0.1, -0.05) is 17.7 Å². The van der Waals surface area contributed by atoms with Gasteiger partial charge < -0.3 is 20.2 Å². The Bertz CT molecular complexity index is 909. The lowest BCUT2D eigenvalue weighted by molar-refractivity contribution is 0.415. The Kier molecular flexibility index (Phi) is 6.49. The topological polar surface area (TPSA) is 76.9 Å². The molecule has 132 valence electrons. The number of hydrogen-bond donors (Lipinski definition) is 2. The van der Waals surface area contributed by atoms with E-state index in [1.807, 2.05) is 41.8 Å². The van der Waals surface area contributed by atoms with Crippen LogP contribution in [0.3, 0.4) is 0 Å². The molecule has 8 heteroatoms. The summed E-state index contributed by atoms with van der Waals surface area (Å²) >= 11 is 6.09. The van der Waals surface area contributed by atoms with Crippen LogP contribution in [-0.2, 0) is 6.54 Å². The van der Waals surface area contributed by atoms with Crippen LogP contribution in [-0.4, -0.2) is 22.5 Å². The molecule has 1 aromatic carbocycles. The monoisotopic (exact) mass is 471 g/mol. The van der Waals surface area contributed by atoms with Crippen molar-refractivity contribution in [2.24, 2.45) is 10.7 Å². The first-order valence-electron chi connectivity index (χ1n) is 7.41. The van der Waals surface area contributed by atoms with E-state index in [9.17, 15) is 0 Å². The molecule has 0 atom stereocenters. The molecule has 25 heavy (non-hydrogen) atoms. The number of pyridine rings is 1. The van der Waals surface area contributed by atoms with E-state index in [-0.39, 0.29) is 24.0 Å². The normalized spacial score (nSPS) is 11.2. The zero-order valence-electron chi connectivity index (χ0n) is 13.9. The maximum atomic E-state index is 6.09. The highest BCUT2D eigenvalue weighted by Crippen LogP contribution is 2.27. The molecule has 0 amide bonds. The van der Waals surface area contributed by atoms with Gasteiger partial charge in [0.1, 0.15) is 11.4 Å². The van der Waals surface area contributed by atoms with E-state index in [4.69, 9.17) is 22.1 Å². The number of fused-ring (bicyclic) bond motifs is 1. The second-order valence-corrected chi connectivity index (χ2v) is 5.71. The molecule has 0 radical (unpaired) electrons. The van der Waals surface area contributed by atoms with Gasteiger partial charge in [0.05, 0.1) is 24.4 Å². The molecule has 3 rings (SSSR count). The molecule has 3 aromatic rings. The molecule has 0 saturated heterocycles. The van der Waals surface area contributed by atoms with Gasteiger partial charge in [-0.3, -0.25) is 0 Å². The summed E-state index contributed by atoms with van der Waals surface area (Å²) in [6.07, 6.45) is 1.96. The Balaban J connectivity index is 0.00000225. The van der Waals surface area contributed by atoms with Crippen molar-refractivity contribution in [3.8, 4) is 5.75 Å². The number of nitrogens with two attached hydrogens (primary N) is 1. The summed E-state index contributed by atoms with van der Waals surface area (Å²) in [6.45, 7) is 2.43. The number of ether oxygens (including phenoxy) is 1. The number of hydrogen-bond acceptors (Lipinski definition) is 3. The molecule has 0 bridgehead atoms. The highest BCUT2D eigenvalue weighted by atomic mass is 127. The highest BCUT2D eigenvalue weighted by Gasteiger charge is 2.04. The van der Waals surface area contributed by atoms with Crippen LogP contribution in [0.2, 0.25) is 5.02 Å². The maximum absolute atomic E-state index is 6.09. The molecule has 0 fully saturated rings. The molecule has 0 aliphatic rings. The number of methoxy groups -OCH3 is 1. The second-order valence-electron chi connectivity index (χ2n) is 5.30. The minimum atomic E-state index is 0. The lowest BCUT2D eigenvalue weighted by Gasteiger charge is -2.08. The third-order valence-electron chi connectivity index (χ3n) is 3.58. The number of nitrogens with one attached hydrogen (secondary N) is 1. The second kappa shape index (κ2) is 8.39. The first kappa shape index (κ1) is 19.3. The minimum Gasteiger partial charge on any atom is -0.495 e. The van der Waals surface area contributed by atoms with Crippen LogP contribution in [0.25, 0.3) is 5.65 Å². The average molecular weight is 472 g/mol. The van der Waals surface area contributed by atoms with Crippen molar-refractivity contribution in [3.05, 3.63) is 59.0 Å². The quantitative estimate of drug-likeness (QED) is 0.344. The average Bonchev–Trinajstić information content (AvgIpc) is 2.98. The predicted molar refractivity (Wildman–Crippen MR) is 112 cm³/mol. The fraction of sp³-hybridized carbons (Fsp3) is 0.176. The molecular formula is C17H19ClIN5O. The number of aromatic nitrogens is 2. The summed E-state index contributed by atoms with van der Waals surface area (Å²) in [7, 11) is 1.57. The SMILES string of the molecule is COc1ccc(NC(N)=NCc2cn3c(C)cccc3n2)cc1Cl.I. The fourth-order valence-electron chi connectivity index (χ4n) is 2.37. The van der Waals surface area contributed by atoms with Crippen LogP contribution in [0, 0.1) is 6.92 Å². The van der Waals surface area contributed by atoms with Gasteiger partial charge in [-0.05, 0) is 37.3 Å². The smallest absolute Gasteiger partial charge is 0.193 e. The summed E-state index contributed by atoms with van der Waals surface area (Å²) in [6, 6.07) is 11.3. The number of imidazole rings is 1. The number of anilines is 1. The van der Waals surface area contributed by atoms with Crippen molar-refractivity contribution in [2.75, 3.05) is 12.4 Å². The van der Waals surface area contributed by atoms with Gasteiger partial charge in [0.25, 0.3) is 0 Å². The summed E-state index contributed by atoms with van der Waals surface area (Å²) < 4.78 is 7.14. The third kappa shape index (κ3) is 4.55. The largest absolute Gasteiger partial charge is 0.495 e. The van der Waals surface area contributed by atoms with Crippen molar-refractivity contribution >= 4 is 52.9 Å². The molecule has 2 aromatic heterocycles. The molecule has 0 spiro atoms. The summed E-state index contributed by atoms with van der Waals surface area (Å²) in [4.78, 5) is 8.84. The Morgan fingerprint density at radius 3 is 2.84 bits per heavy atom. The van der Waals surface area contributed by atoms with E-state index in [0.717, 1.165) is 22.7 Å². The van der Waals surface area contributed by atoms with Crippen LogP contribution in [0.15, 0.2) is 47.6 Å². The van der Waals surface area contributed by atoms with Gasteiger partial charge in [-0.25, -0.2) is 9.98 Å². The summed E-state index contributed by atoms with van der Waals surface area (Å²) in [5.41, 5.74) is 9.54. The number of halogens is 2. The van der Waals surface area contributed by atoms with Gasteiger partial charge in [0.15, 0.2) is 5.96 Å². The molecular weight excluding hydrogens is 453 g/mol. The Morgan fingerprint density at radius 1 is 1.36 bits per heavy atom. The zero-order valence-corrected chi connectivity index (χ0v) is 16.9. The van der Waals surface area contributed by atoms with Gasteiger partial charge in [0.2, 0.25) is 0 Å². The maximum Gasteiger partial charge on any atom is 0.193 e. The van der Waals surface area contributed by atoms with Crippen LogP contribution in [0.4, 0.5) is 5.69 Å². The van der Waals surface area contributed by atoms with E-state index in [2.05, 4.69) is 15.3 Å². The van der Waals surface area contributed by atoms with Gasteiger partial charge in [-0.2, -0.15) is 0 Å². The van der Waals surface area contributed by atoms with Gasteiger partial charge in [0, 0.05) is 17.6 Å². The first-order chi connectivity index (χ1) is 11.6. The minimum absolute atomic E-state index is 0. The number of guanidine groups is 1. The van der Waals surface area contributed by atoms with Crippen molar-refractivity contribution < 1.29 is 4.74 Å². The van der Waals surface area contributed by atoms with Crippen LogP contribution < -0.4 is 15.8 Å². The third-order valence-corrected chi connectivity index (χ3v) is 3.88. The van der Waals surface area contributed by atoms with Crippen LogP contribution in [0.1, 0.15) is 11.4 Å². The lowest BCUT2D eigenvalue weighted by Crippen LogP contribution is -2.22. The predicted octanol–water partition coefficient (Wildman–Crippen LogP) is 3.85. The molecule has 0 aliphatic carbocycles. The first-order valence-corrected chi connectivity index (χ1v) is 7.78. The van der Waals surface area contributed by atoms with Crippen molar-refractivity contribution in [2.45, 2.75) is 13.5 Å². The van der Waals surface area contributed by atoms with Crippen molar-refractivity contribution in [1.82, 2.24) is 9.38 Å². The molecule has 0 saturated carbocycles. The fourth-order valence-corrected chi connectivity index (χ4v) is 2.63. The molecule has 0 unspecified atom stereocenters. The van der Waals surface area contributed by atoms with Crippen molar-refractivity contribution in [1.29, 1.82) is 0 Å². The van der Waals surface area contributed by atoms with E-state index in [0.29, 0.717) is 23.3 Å². The number of aliphatic imine (C=N–C) groups is 1. The number of nitrogens with zero attached hydrogens (tertiary/aromatic N) is 3. The van der Waals surface area contributed by atoms with Gasteiger partial charge in [-0.15, -0.1) is 24.0 Å². The van der Waals surface area contributed by atoms with E-state index in [1.54, 1.807) is 19.2 Å². The lowest BCUT2D eigenvalue weighted by atomic mass is 10.3. The number of rotatable bonds is 4. The molecule has 6 nitrogen and oxygen atoms in total. The Labute approximate surface area is 168 Å². The standard InChI is InChI=1S/C17H18ClN5O.HI/c1-11-4-3-5-16-21-13(10-23(11)16)9-20-17(19)22-12-6-7-15(24-2)14(18)8-12;/h3-8,10H,9H2,1-2H3,(H3,19,20,22);1H. The van der Waals surface area contributed by atoms with E-state index < -0.39 is 0 Å². The van der Waals surface area contributed by atoms with E-state index in [1.165, 1.54) is 0 Å². The highest BCUT2D eigenvalue weighted by molar-refractivity contribution is 14.0. The zero-order chi connectivity index (χ0) is 17.1. The summed E-state index contributed by atoms with van der Waals surface area (Å²) in [5.74, 6) is 0.905.